The smallest absolute Gasteiger partial charge is 0.353 e. The Balaban J connectivity index is 1.61. The SMILES string of the molecule is O=C(N[C@@H]1CCC[C@@H](C(F)(F)F)C1)[C@H]1CC(=O)N(c2ccccc2Br)C1. The third kappa shape index (κ3) is 4.22. The highest BCUT2D eigenvalue weighted by molar-refractivity contribution is 9.10. The summed E-state index contributed by atoms with van der Waals surface area (Å²) in [5, 5.41) is 2.74. The second kappa shape index (κ2) is 7.58. The zero-order valence-corrected chi connectivity index (χ0v) is 15.6. The summed E-state index contributed by atoms with van der Waals surface area (Å²) in [6.07, 6.45) is -3.11. The third-order valence-electron chi connectivity index (χ3n) is 5.12. The van der Waals surface area contributed by atoms with Crippen LogP contribution in [0.25, 0.3) is 0 Å². The number of para-hydroxylation sites is 1. The molecule has 2 fully saturated rings. The van der Waals surface area contributed by atoms with Crippen LogP contribution >= 0.6 is 15.9 Å². The summed E-state index contributed by atoms with van der Waals surface area (Å²) in [4.78, 5) is 26.3. The van der Waals surface area contributed by atoms with E-state index in [1.54, 1.807) is 17.0 Å². The Morgan fingerprint density at radius 3 is 2.65 bits per heavy atom. The van der Waals surface area contributed by atoms with Gasteiger partial charge in [-0.1, -0.05) is 18.6 Å². The predicted octanol–water partition coefficient (Wildman–Crippen LogP) is 4.04. The molecule has 26 heavy (non-hydrogen) atoms. The van der Waals surface area contributed by atoms with Crippen LogP contribution in [-0.2, 0) is 9.59 Å². The average Bonchev–Trinajstić information content (AvgIpc) is 2.97. The summed E-state index contributed by atoms with van der Waals surface area (Å²) < 4.78 is 39.5. The van der Waals surface area contributed by atoms with E-state index in [4.69, 9.17) is 0 Å². The fourth-order valence-electron chi connectivity index (χ4n) is 3.72. The maximum atomic E-state index is 12.9. The minimum atomic E-state index is -4.22. The van der Waals surface area contributed by atoms with Crippen LogP contribution < -0.4 is 10.2 Å². The average molecular weight is 433 g/mol. The van der Waals surface area contributed by atoms with Gasteiger partial charge < -0.3 is 10.2 Å². The van der Waals surface area contributed by atoms with E-state index in [0.29, 0.717) is 18.5 Å². The number of hydrogen-bond donors (Lipinski definition) is 1. The number of benzene rings is 1. The molecule has 3 rings (SSSR count). The van der Waals surface area contributed by atoms with Crippen molar-refractivity contribution in [1.82, 2.24) is 5.32 Å². The fourth-order valence-corrected chi connectivity index (χ4v) is 4.22. The van der Waals surface area contributed by atoms with Crippen molar-refractivity contribution in [3.63, 3.8) is 0 Å². The minimum absolute atomic E-state index is 0.0720. The third-order valence-corrected chi connectivity index (χ3v) is 5.79. The van der Waals surface area contributed by atoms with Gasteiger partial charge in [-0.15, -0.1) is 0 Å². The van der Waals surface area contributed by atoms with Crippen molar-refractivity contribution in [3.8, 4) is 0 Å². The molecule has 1 heterocycles. The molecule has 0 bridgehead atoms. The van der Waals surface area contributed by atoms with Crippen molar-refractivity contribution < 1.29 is 22.8 Å². The number of alkyl halides is 3. The molecule has 8 heteroatoms. The molecule has 0 aromatic heterocycles. The lowest BCUT2D eigenvalue weighted by atomic mass is 9.85. The quantitative estimate of drug-likeness (QED) is 0.783. The number of nitrogens with zero attached hydrogens (tertiary/aromatic N) is 1. The van der Waals surface area contributed by atoms with Gasteiger partial charge in [0.15, 0.2) is 0 Å². The monoisotopic (exact) mass is 432 g/mol. The molecule has 1 saturated carbocycles. The van der Waals surface area contributed by atoms with Gasteiger partial charge in [0.1, 0.15) is 0 Å². The molecule has 1 aromatic rings. The van der Waals surface area contributed by atoms with Gasteiger partial charge in [-0.25, -0.2) is 0 Å². The normalized spacial score (nSPS) is 26.8. The lowest BCUT2D eigenvalue weighted by Gasteiger charge is -2.31. The molecule has 1 saturated heterocycles. The largest absolute Gasteiger partial charge is 0.391 e. The number of rotatable bonds is 3. The molecule has 0 radical (unpaired) electrons. The van der Waals surface area contributed by atoms with Crippen molar-refractivity contribution in [1.29, 1.82) is 0 Å². The van der Waals surface area contributed by atoms with Crippen molar-refractivity contribution in [2.75, 3.05) is 11.4 Å². The highest BCUT2D eigenvalue weighted by Gasteiger charge is 2.43. The first-order chi connectivity index (χ1) is 12.3. The molecule has 1 aliphatic heterocycles. The van der Waals surface area contributed by atoms with E-state index in [0.717, 1.165) is 4.47 Å². The Morgan fingerprint density at radius 1 is 1.23 bits per heavy atom. The maximum absolute atomic E-state index is 12.9. The first kappa shape index (κ1) is 19.2. The first-order valence-electron chi connectivity index (χ1n) is 8.67. The molecule has 3 atom stereocenters. The Hall–Kier alpha value is -1.57. The van der Waals surface area contributed by atoms with E-state index < -0.39 is 24.1 Å². The highest BCUT2D eigenvalue weighted by Crippen LogP contribution is 2.38. The number of carbonyl (C=O) groups excluding carboxylic acids is 2. The molecule has 4 nitrogen and oxygen atoms in total. The summed E-state index contributed by atoms with van der Waals surface area (Å²) in [6, 6.07) is 6.76. The topological polar surface area (TPSA) is 49.4 Å². The number of carbonyl (C=O) groups is 2. The molecule has 2 aliphatic rings. The van der Waals surface area contributed by atoms with Crippen LogP contribution in [0.1, 0.15) is 32.1 Å². The maximum Gasteiger partial charge on any atom is 0.391 e. The van der Waals surface area contributed by atoms with E-state index >= 15 is 0 Å². The van der Waals surface area contributed by atoms with E-state index in [1.165, 1.54) is 0 Å². The second-order valence-electron chi connectivity index (χ2n) is 6.97. The van der Waals surface area contributed by atoms with Crippen molar-refractivity contribution >= 4 is 33.4 Å². The van der Waals surface area contributed by atoms with Gasteiger partial charge in [0.25, 0.3) is 0 Å². The number of halogens is 4. The van der Waals surface area contributed by atoms with Crippen molar-refractivity contribution in [2.45, 2.75) is 44.3 Å². The molecule has 142 valence electrons. The number of nitrogens with one attached hydrogen (secondary N) is 1. The van der Waals surface area contributed by atoms with Crippen LogP contribution in [0.2, 0.25) is 0 Å². The van der Waals surface area contributed by atoms with Crippen LogP contribution in [0.5, 0.6) is 0 Å². The summed E-state index contributed by atoms with van der Waals surface area (Å²) in [7, 11) is 0. The lowest BCUT2D eigenvalue weighted by Crippen LogP contribution is -2.44. The molecule has 0 unspecified atom stereocenters. The Bertz CT molecular complexity index is 695. The van der Waals surface area contributed by atoms with Crippen LogP contribution in [-0.4, -0.2) is 30.6 Å². The van der Waals surface area contributed by atoms with Gasteiger partial charge in [-0.05, 0) is 47.3 Å². The number of anilines is 1. The van der Waals surface area contributed by atoms with Crippen LogP contribution in [0, 0.1) is 11.8 Å². The van der Waals surface area contributed by atoms with Crippen LogP contribution in [0.15, 0.2) is 28.7 Å². The van der Waals surface area contributed by atoms with Gasteiger partial charge in [0.2, 0.25) is 11.8 Å². The molecular weight excluding hydrogens is 413 g/mol. The first-order valence-corrected chi connectivity index (χ1v) is 9.47. The summed E-state index contributed by atoms with van der Waals surface area (Å²) in [5.74, 6) is -2.39. The Kier molecular flexibility index (Phi) is 5.60. The van der Waals surface area contributed by atoms with Gasteiger partial charge in [-0.2, -0.15) is 13.2 Å². The van der Waals surface area contributed by atoms with Crippen LogP contribution in [0.3, 0.4) is 0 Å². The Labute approximate surface area is 158 Å². The summed E-state index contributed by atoms with van der Waals surface area (Å²) >= 11 is 3.39. The van der Waals surface area contributed by atoms with Crippen molar-refractivity contribution in [3.05, 3.63) is 28.7 Å². The fraction of sp³-hybridized carbons (Fsp3) is 0.556. The van der Waals surface area contributed by atoms with Gasteiger partial charge in [0.05, 0.1) is 17.5 Å². The predicted molar refractivity (Wildman–Crippen MR) is 94.5 cm³/mol. The minimum Gasteiger partial charge on any atom is -0.353 e. The zero-order valence-electron chi connectivity index (χ0n) is 14.1. The van der Waals surface area contributed by atoms with Crippen molar-refractivity contribution in [2.24, 2.45) is 11.8 Å². The standard InChI is InChI=1S/C18H20BrF3N2O2/c19-14-6-1-2-7-15(14)24-10-11(8-16(24)25)17(26)23-13-5-3-4-12(9-13)18(20,21)22/h1-2,6-7,11-13H,3-5,8-10H2,(H,23,26)/t11-,12+,13+/m0/s1. The van der Waals surface area contributed by atoms with Crippen LogP contribution in [0.4, 0.5) is 18.9 Å². The second-order valence-corrected chi connectivity index (χ2v) is 7.82. The van der Waals surface area contributed by atoms with Gasteiger partial charge in [-0.3, -0.25) is 9.59 Å². The van der Waals surface area contributed by atoms with Gasteiger partial charge in [0, 0.05) is 23.5 Å². The number of hydrogen-bond acceptors (Lipinski definition) is 2. The van der Waals surface area contributed by atoms with Gasteiger partial charge >= 0.3 is 6.18 Å². The highest BCUT2D eigenvalue weighted by atomic mass is 79.9. The molecule has 1 aromatic carbocycles. The molecule has 0 spiro atoms. The zero-order chi connectivity index (χ0) is 18.9. The lowest BCUT2D eigenvalue weighted by molar-refractivity contribution is -0.184. The van der Waals surface area contributed by atoms with E-state index in [-0.39, 0.29) is 37.6 Å². The van der Waals surface area contributed by atoms with E-state index in [9.17, 15) is 22.8 Å². The molecule has 1 N–H and O–H groups in total. The van der Waals surface area contributed by atoms with E-state index in [1.807, 2.05) is 12.1 Å². The van der Waals surface area contributed by atoms with E-state index in [2.05, 4.69) is 21.2 Å². The summed E-state index contributed by atoms with van der Waals surface area (Å²) in [6.45, 7) is 0.239. The molecule has 2 amide bonds. The summed E-state index contributed by atoms with van der Waals surface area (Å²) in [5.41, 5.74) is 0.697. The molecule has 1 aliphatic carbocycles. The number of amides is 2. The Morgan fingerprint density at radius 2 is 1.96 bits per heavy atom. The molecular formula is C18H20BrF3N2O2.